The molecule has 2 heterocycles. The third kappa shape index (κ3) is 2.67. The Labute approximate surface area is 124 Å². The molecule has 0 bridgehead atoms. The molecule has 0 N–H and O–H groups in total. The monoisotopic (exact) mass is 365 g/mol. The minimum atomic E-state index is 0.636. The molecule has 0 unspecified atom stereocenters. The van der Waals surface area contributed by atoms with E-state index in [0.717, 1.165) is 11.3 Å². The van der Waals surface area contributed by atoms with E-state index >= 15 is 0 Å². The summed E-state index contributed by atoms with van der Waals surface area (Å²) in [6, 6.07) is 8.27. The minimum Gasteiger partial charge on any atom is -0.266 e. The maximum absolute atomic E-state index is 4.37. The molecule has 0 spiro atoms. The lowest BCUT2D eigenvalue weighted by molar-refractivity contribution is 0.667. The number of hydrogen-bond acceptors (Lipinski definition) is 3. The summed E-state index contributed by atoms with van der Waals surface area (Å²) in [5.74, 6) is 0. The summed E-state index contributed by atoms with van der Waals surface area (Å²) in [5, 5.41) is 12.4. The molecule has 19 heavy (non-hydrogen) atoms. The fourth-order valence-electron chi connectivity index (χ4n) is 1.92. The molecule has 0 aliphatic rings. The number of nitrogens with zero attached hydrogens (tertiary/aromatic N) is 5. The Hall–Kier alpha value is -1.70. The van der Waals surface area contributed by atoms with Crippen molar-refractivity contribution >= 4 is 22.6 Å². The average Bonchev–Trinajstić information content (AvgIpc) is 3.00. The summed E-state index contributed by atoms with van der Waals surface area (Å²) in [5.41, 5.74) is 3.22. The largest absolute Gasteiger partial charge is 0.266 e. The van der Waals surface area contributed by atoms with Crippen LogP contribution in [0.4, 0.5) is 0 Å². The van der Waals surface area contributed by atoms with Gasteiger partial charge in [0, 0.05) is 28.6 Å². The van der Waals surface area contributed by atoms with Gasteiger partial charge in [0.25, 0.3) is 0 Å². The average molecular weight is 365 g/mol. The van der Waals surface area contributed by atoms with Crippen LogP contribution in [0.5, 0.6) is 0 Å². The van der Waals surface area contributed by atoms with Crippen LogP contribution in [0, 0.1) is 3.57 Å². The molecule has 0 aliphatic heterocycles. The van der Waals surface area contributed by atoms with Gasteiger partial charge in [-0.15, -0.1) is 5.10 Å². The first-order valence-electron chi connectivity index (χ1n) is 5.85. The molecule has 2 aromatic heterocycles. The molecule has 3 aromatic rings. The summed E-state index contributed by atoms with van der Waals surface area (Å²) in [6.45, 7) is 0.636. The van der Waals surface area contributed by atoms with Gasteiger partial charge < -0.3 is 0 Å². The quantitative estimate of drug-likeness (QED) is 0.670. The third-order valence-corrected chi connectivity index (χ3v) is 3.73. The lowest BCUT2D eigenvalue weighted by atomic mass is 10.1. The Morgan fingerprint density at radius 2 is 2.05 bits per heavy atom. The molecule has 0 fully saturated rings. The van der Waals surface area contributed by atoms with E-state index in [1.807, 2.05) is 42.5 Å². The van der Waals surface area contributed by atoms with Crippen LogP contribution >= 0.6 is 22.6 Å². The SMILES string of the molecule is Cn1cc(Cn2cc(-c3ccccc3I)cn2)nn1. The van der Waals surface area contributed by atoms with Crippen LogP contribution in [0.15, 0.2) is 42.9 Å². The lowest BCUT2D eigenvalue weighted by Crippen LogP contribution is -2.00. The molecular weight excluding hydrogens is 353 g/mol. The second-order valence-electron chi connectivity index (χ2n) is 4.29. The Morgan fingerprint density at radius 1 is 1.21 bits per heavy atom. The molecule has 96 valence electrons. The highest BCUT2D eigenvalue weighted by Gasteiger charge is 2.06. The van der Waals surface area contributed by atoms with E-state index in [2.05, 4.69) is 50.1 Å². The summed E-state index contributed by atoms with van der Waals surface area (Å²) >= 11 is 2.34. The third-order valence-electron chi connectivity index (χ3n) is 2.79. The zero-order chi connectivity index (χ0) is 13.2. The van der Waals surface area contributed by atoms with Gasteiger partial charge in [-0.3, -0.25) is 9.36 Å². The fourth-order valence-corrected chi connectivity index (χ4v) is 2.62. The Balaban J connectivity index is 1.86. The van der Waals surface area contributed by atoms with E-state index in [1.165, 1.54) is 9.13 Å². The van der Waals surface area contributed by atoms with Crippen LogP contribution in [0.25, 0.3) is 11.1 Å². The van der Waals surface area contributed by atoms with Gasteiger partial charge in [0.15, 0.2) is 0 Å². The molecule has 1 aromatic carbocycles. The van der Waals surface area contributed by atoms with Crippen LogP contribution in [0.1, 0.15) is 5.69 Å². The fraction of sp³-hybridized carbons (Fsp3) is 0.154. The molecule has 0 aliphatic carbocycles. The summed E-state index contributed by atoms with van der Waals surface area (Å²) in [7, 11) is 1.86. The number of aryl methyl sites for hydroxylation is 1. The molecule has 6 heteroatoms. The Kier molecular flexibility index (Phi) is 3.33. The van der Waals surface area contributed by atoms with Crippen LogP contribution in [0.2, 0.25) is 0 Å². The topological polar surface area (TPSA) is 48.5 Å². The normalized spacial score (nSPS) is 10.8. The van der Waals surface area contributed by atoms with Crippen LogP contribution in [-0.2, 0) is 13.6 Å². The molecule has 0 saturated carbocycles. The number of hydrogen-bond donors (Lipinski definition) is 0. The van der Waals surface area contributed by atoms with E-state index in [-0.39, 0.29) is 0 Å². The van der Waals surface area contributed by atoms with Crippen molar-refractivity contribution in [2.24, 2.45) is 7.05 Å². The van der Waals surface area contributed by atoms with E-state index in [0.29, 0.717) is 6.54 Å². The summed E-state index contributed by atoms with van der Waals surface area (Å²) in [4.78, 5) is 0. The first-order chi connectivity index (χ1) is 9.22. The minimum absolute atomic E-state index is 0.636. The van der Waals surface area contributed by atoms with E-state index < -0.39 is 0 Å². The summed E-state index contributed by atoms with van der Waals surface area (Å²) in [6.07, 6.45) is 5.81. The van der Waals surface area contributed by atoms with Crippen LogP contribution < -0.4 is 0 Å². The van der Waals surface area contributed by atoms with Gasteiger partial charge >= 0.3 is 0 Å². The number of rotatable bonds is 3. The predicted octanol–water partition coefficient (Wildman–Crippen LogP) is 2.33. The smallest absolute Gasteiger partial charge is 0.104 e. The van der Waals surface area contributed by atoms with Crippen molar-refractivity contribution in [2.45, 2.75) is 6.54 Å². The van der Waals surface area contributed by atoms with Crippen LogP contribution in [-0.4, -0.2) is 24.8 Å². The first kappa shape index (κ1) is 12.3. The maximum atomic E-state index is 4.37. The standard InChI is InChI=1S/C13H12IN5/c1-18-8-11(16-17-18)9-19-7-10(6-15-19)12-4-2-3-5-13(12)14/h2-8H,9H2,1H3. The van der Waals surface area contributed by atoms with Crippen molar-refractivity contribution in [1.29, 1.82) is 0 Å². The maximum Gasteiger partial charge on any atom is 0.104 e. The van der Waals surface area contributed by atoms with Gasteiger partial charge in [0.05, 0.1) is 12.7 Å². The van der Waals surface area contributed by atoms with Gasteiger partial charge in [0.1, 0.15) is 5.69 Å². The lowest BCUT2D eigenvalue weighted by Gasteiger charge is -2.00. The Bertz CT molecular complexity index is 700. The van der Waals surface area contributed by atoms with Crippen molar-refractivity contribution < 1.29 is 0 Å². The van der Waals surface area contributed by atoms with E-state index in [4.69, 9.17) is 0 Å². The van der Waals surface area contributed by atoms with Gasteiger partial charge in [0.2, 0.25) is 0 Å². The van der Waals surface area contributed by atoms with Gasteiger partial charge in [-0.2, -0.15) is 5.10 Å². The predicted molar refractivity (Wildman–Crippen MR) is 80.5 cm³/mol. The van der Waals surface area contributed by atoms with Gasteiger partial charge in [-0.25, -0.2) is 0 Å². The second-order valence-corrected chi connectivity index (χ2v) is 5.45. The van der Waals surface area contributed by atoms with E-state index in [1.54, 1.807) is 4.68 Å². The van der Waals surface area contributed by atoms with Crippen molar-refractivity contribution in [3.05, 3.63) is 52.1 Å². The molecule has 0 amide bonds. The molecule has 3 rings (SSSR count). The number of aromatic nitrogens is 5. The Morgan fingerprint density at radius 3 is 2.79 bits per heavy atom. The van der Waals surface area contributed by atoms with Crippen molar-refractivity contribution in [1.82, 2.24) is 24.8 Å². The van der Waals surface area contributed by atoms with Crippen molar-refractivity contribution in [2.75, 3.05) is 0 Å². The number of halogens is 1. The van der Waals surface area contributed by atoms with Crippen molar-refractivity contribution in [3.8, 4) is 11.1 Å². The highest BCUT2D eigenvalue weighted by atomic mass is 127. The van der Waals surface area contributed by atoms with Gasteiger partial charge in [-0.1, -0.05) is 23.4 Å². The zero-order valence-corrected chi connectivity index (χ0v) is 12.5. The highest BCUT2D eigenvalue weighted by molar-refractivity contribution is 14.1. The second kappa shape index (κ2) is 5.12. The van der Waals surface area contributed by atoms with Gasteiger partial charge in [-0.05, 0) is 34.2 Å². The number of benzene rings is 1. The molecular formula is C13H12IN5. The van der Waals surface area contributed by atoms with Crippen LogP contribution in [0.3, 0.4) is 0 Å². The first-order valence-corrected chi connectivity index (χ1v) is 6.93. The van der Waals surface area contributed by atoms with E-state index in [9.17, 15) is 0 Å². The zero-order valence-electron chi connectivity index (χ0n) is 10.4. The molecule has 0 atom stereocenters. The molecule has 5 nitrogen and oxygen atoms in total. The molecule has 0 radical (unpaired) electrons. The summed E-state index contributed by atoms with van der Waals surface area (Å²) < 4.78 is 4.79. The highest BCUT2D eigenvalue weighted by Crippen LogP contribution is 2.24. The molecule has 0 saturated heterocycles. The van der Waals surface area contributed by atoms with Crippen molar-refractivity contribution in [3.63, 3.8) is 0 Å².